The Hall–Kier alpha value is -1.92. The van der Waals surface area contributed by atoms with E-state index in [1.807, 2.05) is 13.8 Å². The van der Waals surface area contributed by atoms with Crippen LogP contribution in [0.5, 0.6) is 0 Å². The van der Waals surface area contributed by atoms with Crippen molar-refractivity contribution < 1.29 is 13.2 Å². The molecule has 1 aromatic carbocycles. The molecule has 132 valence electrons. The van der Waals surface area contributed by atoms with Gasteiger partial charge in [0.25, 0.3) is 0 Å². The van der Waals surface area contributed by atoms with Crippen molar-refractivity contribution in [3.8, 4) is 0 Å². The van der Waals surface area contributed by atoms with Crippen molar-refractivity contribution >= 4 is 33.3 Å². The van der Waals surface area contributed by atoms with Crippen LogP contribution in [0.1, 0.15) is 39.8 Å². The van der Waals surface area contributed by atoms with Gasteiger partial charge in [-0.25, -0.2) is 8.42 Å². The van der Waals surface area contributed by atoms with Crippen LogP contribution in [0.25, 0.3) is 6.08 Å². The van der Waals surface area contributed by atoms with Gasteiger partial charge in [0.05, 0.1) is 28.3 Å². The highest BCUT2D eigenvalue weighted by molar-refractivity contribution is 7.91. The fourth-order valence-corrected chi connectivity index (χ4v) is 5.07. The van der Waals surface area contributed by atoms with Crippen LogP contribution in [0.4, 0.5) is 0 Å². The van der Waals surface area contributed by atoms with Crippen molar-refractivity contribution in [1.82, 2.24) is 9.78 Å². The maximum absolute atomic E-state index is 12.3. The third kappa shape index (κ3) is 3.70. The molecule has 1 aliphatic rings. The number of halogens is 1. The monoisotopic (exact) mass is 378 g/mol. The van der Waals surface area contributed by atoms with E-state index in [1.54, 1.807) is 35.0 Å². The van der Waals surface area contributed by atoms with Crippen LogP contribution >= 0.6 is 11.6 Å². The number of hydrogen-bond donors (Lipinski definition) is 0. The van der Waals surface area contributed by atoms with E-state index in [0.717, 1.165) is 17.0 Å². The lowest BCUT2D eigenvalue weighted by Crippen LogP contribution is -2.13. The average Bonchev–Trinajstić information content (AvgIpc) is 3.05. The average molecular weight is 379 g/mol. The molecular formula is C18H19ClN2O3S. The van der Waals surface area contributed by atoms with Crippen LogP contribution in [0.3, 0.4) is 0 Å². The van der Waals surface area contributed by atoms with Crippen molar-refractivity contribution in [1.29, 1.82) is 0 Å². The summed E-state index contributed by atoms with van der Waals surface area (Å²) >= 11 is 6.05. The van der Waals surface area contributed by atoms with Gasteiger partial charge in [-0.15, -0.1) is 0 Å². The molecule has 0 bridgehead atoms. The molecule has 0 aliphatic carbocycles. The molecule has 0 amide bonds. The summed E-state index contributed by atoms with van der Waals surface area (Å²) in [7, 11) is -2.98. The van der Waals surface area contributed by atoms with E-state index in [1.165, 1.54) is 6.08 Å². The molecule has 1 atom stereocenters. The van der Waals surface area contributed by atoms with Gasteiger partial charge in [-0.1, -0.05) is 23.7 Å². The molecule has 0 unspecified atom stereocenters. The maximum atomic E-state index is 12.3. The van der Waals surface area contributed by atoms with Gasteiger partial charge in [0.2, 0.25) is 0 Å². The van der Waals surface area contributed by atoms with E-state index in [-0.39, 0.29) is 23.3 Å². The molecule has 2 heterocycles. The van der Waals surface area contributed by atoms with Crippen LogP contribution in [-0.2, 0) is 9.84 Å². The standard InChI is InChI=1S/C18H19ClN2O3S/c1-12-15(7-8-18(22)16-5-3-4-6-17(16)19)13(2)21(20-12)14-9-10-25(23,24)11-14/h3-8,14H,9-11H2,1-2H3/b8-7+/t14-/m0/s1. The second-order valence-electron chi connectivity index (χ2n) is 6.26. The van der Waals surface area contributed by atoms with Gasteiger partial charge < -0.3 is 0 Å². The first-order chi connectivity index (χ1) is 11.8. The molecule has 5 nitrogen and oxygen atoms in total. The number of carbonyl (C=O) groups is 1. The van der Waals surface area contributed by atoms with Crippen molar-refractivity contribution in [2.75, 3.05) is 11.5 Å². The van der Waals surface area contributed by atoms with Crippen molar-refractivity contribution in [2.24, 2.45) is 0 Å². The zero-order valence-electron chi connectivity index (χ0n) is 14.1. The zero-order valence-corrected chi connectivity index (χ0v) is 15.6. The van der Waals surface area contributed by atoms with E-state index in [4.69, 9.17) is 11.6 Å². The Balaban J connectivity index is 1.86. The minimum Gasteiger partial charge on any atom is -0.289 e. The first-order valence-electron chi connectivity index (χ1n) is 8.01. The fraction of sp³-hybridized carbons (Fsp3) is 0.333. The summed E-state index contributed by atoms with van der Waals surface area (Å²) in [5.74, 6) is 0.142. The molecular weight excluding hydrogens is 360 g/mol. The summed E-state index contributed by atoms with van der Waals surface area (Å²) in [6.45, 7) is 3.75. The van der Waals surface area contributed by atoms with Crippen LogP contribution in [-0.4, -0.2) is 35.5 Å². The number of aryl methyl sites for hydroxylation is 1. The summed E-state index contributed by atoms with van der Waals surface area (Å²) in [5, 5.41) is 4.90. The minimum atomic E-state index is -2.98. The number of hydrogen-bond acceptors (Lipinski definition) is 4. The molecule has 25 heavy (non-hydrogen) atoms. The Labute approximate surface area is 152 Å². The van der Waals surface area contributed by atoms with E-state index >= 15 is 0 Å². The van der Waals surface area contributed by atoms with Crippen LogP contribution in [0.2, 0.25) is 5.02 Å². The Morgan fingerprint density at radius 1 is 1.32 bits per heavy atom. The van der Waals surface area contributed by atoms with Crippen LogP contribution in [0.15, 0.2) is 30.3 Å². The number of aromatic nitrogens is 2. The van der Waals surface area contributed by atoms with Crippen molar-refractivity contribution in [2.45, 2.75) is 26.3 Å². The first kappa shape index (κ1) is 17.9. The largest absolute Gasteiger partial charge is 0.289 e. The maximum Gasteiger partial charge on any atom is 0.187 e. The van der Waals surface area contributed by atoms with Crippen LogP contribution in [0, 0.1) is 13.8 Å². The van der Waals surface area contributed by atoms with Gasteiger partial charge in [-0.2, -0.15) is 5.10 Å². The van der Waals surface area contributed by atoms with Gasteiger partial charge in [0.1, 0.15) is 0 Å². The molecule has 0 radical (unpaired) electrons. The summed E-state index contributed by atoms with van der Waals surface area (Å²) in [6, 6.07) is 6.77. The highest BCUT2D eigenvalue weighted by atomic mass is 35.5. The first-order valence-corrected chi connectivity index (χ1v) is 10.2. The van der Waals surface area contributed by atoms with Crippen molar-refractivity contribution in [3.05, 3.63) is 57.9 Å². The van der Waals surface area contributed by atoms with E-state index in [9.17, 15) is 13.2 Å². The molecule has 1 saturated heterocycles. The second-order valence-corrected chi connectivity index (χ2v) is 8.90. The number of sulfone groups is 1. The Morgan fingerprint density at radius 3 is 2.68 bits per heavy atom. The lowest BCUT2D eigenvalue weighted by Gasteiger charge is -2.10. The van der Waals surface area contributed by atoms with Gasteiger partial charge in [0.15, 0.2) is 15.6 Å². The lowest BCUT2D eigenvalue weighted by atomic mass is 10.1. The molecule has 1 fully saturated rings. The second kappa shape index (κ2) is 6.77. The lowest BCUT2D eigenvalue weighted by molar-refractivity contribution is 0.104. The minimum absolute atomic E-state index is 0.122. The predicted octanol–water partition coefficient (Wildman–Crippen LogP) is 3.41. The van der Waals surface area contributed by atoms with E-state index in [2.05, 4.69) is 5.10 Å². The molecule has 0 spiro atoms. The molecule has 0 saturated carbocycles. The number of nitrogens with zero attached hydrogens (tertiary/aromatic N) is 2. The predicted molar refractivity (Wildman–Crippen MR) is 98.8 cm³/mol. The van der Waals surface area contributed by atoms with Gasteiger partial charge >= 0.3 is 0 Å². The van der Waals surface area contributed by atoms with Gasteiger partial charge in [0, 0.05) is 16.8 Å². The third-order valence-corrected chi connectivity index (χ3v) is 6.56. The molecule has 2 aromatic rings. The van der Waals surface area contributed by atoms with E-state index < -0.39 is 9.84 Å². The SMILES string of the molecule is Cc1nn([C@H]2CCS(=O)(=O)C2)c(C)c1/C=C/C(=O)c1ccccc1Cl. The number of rotatable bonds is 4. The number of carbonyl (C=O) groups excluding carboxylic acids is 1. The number of ketones is 1. The topological polar surface area (TPSA) is 69.0 Å². The molecule has 1 aliphatic heterocycles. The van der Waals surface area contributed by atoms with Gasteiger partial charge in [-0.05, 0) is 44.6 Å². The third-order valence-electron chi connectivity index (χ3n) is 4.48. The smallest absolute Gasteiger partial charge is 0.187 e. The summed E-state index contributed by atoms with van der Waals surface area (Å²) in [6.07, 6.45) is 3.78. The fourth-order valence-electron chi connectivity index (χ4n) is 3.15. The molecule has 1 aromatic heterocycles. The molecule has 0 N–H and O–H groups in total. The molecule has 7 heteroatoms. The Kier molecular flexibility index (Phi) is 4.84. The highest BCUT2D eigenvalue weighted by Gasteiger charge is 2.31. The summed E-state index contributed by atoms with van der Waals surface area (Å²) < 4.78 is 25.2. The van der Waals surface area contributed by atoms with Gasteiger partial charge in [-0.3, -0.25) is 9.48 Å². The Bertz CT molecular complexity index is 961. The Morgan fingerprint density at radius 2 is 2.04 bits per heavy atom. The van der Waals surface area contributed by atoms with E-state index in [0.29, 0.717) is 17.0 Å². The van der Waals surface area contributed by atoms with Crippen molar-refractivity contribution in [3.63, 3.8) is 0 Å². The summed E-state index contributed by atoms with van der Waals surface area (Å²) in [5.41, 5.74) is 2.92. The normalized spacial score (nSPS) is 19.6. The number of benzene rings is 1. The number of allylic oxidation sites excluding steroid dienone is 1. The summed E-state index contributed by atoms with van der Waals surface area (Å²) in [4.78, 5) is 12.3. The zero-order chi connectivity index (χ0) is 18.2. The van der Waals surface area contributed by atoms with Crippen LogP contribution < -0.4 is 0 Å². The molecule has 3 rings (SSSR count). The highest BCUT2D eigenvalue weighted by Crippen LogP contribution is 2.27. The quantitative estimate of drug-likeness (QED) is 0.604.